The van der Waals surface area contributed by atoms with Crippen molar-refractivity contribution in [3.8, 4) is 0 Å². The first kappa shape index (κ1) is 55.9. The number of hydrogen-bond donors (Lipinski definition) is 4. The number of rotatable bonds is 36. The van der Waals surface area contributed by atoms with E-state index in [4.69, 9.17) is 18.9 Å². The highest BCUT2D eigenvalue weighted by Crippen LogP contribution is 2.23. The number of carbonyl (C=O) groups excluding carboxylic acids is 2. The van der Waals surface area contributed by atoms with Crippen LogP contribution in [-0.2, 0) is 33.3 Å². The topological polar surface area (TPSA) is 169 Å². The van der Waals surface area contributed by atoms with Gasteiger partial charge in [-0.15, -0.1) is 0 Å². The van der Waals surface area contributed by atoms with E-state index in [0.29, 0.717) is 12.8 Å². The van der Waals surface area contributed by atoms with Crippen molar-refractivity contribution in [2.75, 3.05) is 13.2 Å². The minimum absolute atomic E-state index is 0.140. The molecule has 1 fully saturated rings. The van der Waals surface area contributed by atoms with Crippen molar-refractivity contribution in [2.24, 2.45) is 0 Å². The first-order chi connectivity index (χ1) is 30.2. The van der Waals surface area contributed by atoms with Crippen LogP contribution in [0.25, 0.3) is 0 Å². The van der Waals surface area contributed by atoms with Gasteiger partial charge in [0.1, 0.15) is 24.9 Å². The molecule has 0 bridgehead atoms. The van der Waals surface area contributed by atoms with Crippen molar-refractivity contribution in [2.45, 2.75) is 179 Å². The second-order valence-electron chi connectivity index (χ2n) is 15.1. The van der Waals surface area contributed by atoms with Crippen LogP contribution in [0.15, 0.2) is 109 Å². The second-order valence-corrected chi connectivity index (χ2v) is 15.1. The number of carboxylic acids is 1. The Morgan fingerprint density at radius 2 is 0.903 bits per heavy atom. The highest BCUT2D eigenvalue weighted by atomic mass is 16.7. The Balaban J connectivity index is 2.42. The second kappa shape index (κ2) is 39.7. The molecule has 1 saturated heterocycles. The Morgan fingerprint density at radius 3 is 1.35 bits per heavy atom. The Labute approximate surface area is 372 Å². The van der Waals surface area contributed by atoms with Gasteiger partial charge in [-0.3, -0.25) is 9.59 Å². The standard InChI is InChI=1S/C51H78O11/c1-3-5-7-9-11-13-15-17-19-21-22-24-25-27-29-31-33-35-37-39-44(52)59-41-43(42-60-51-48(56)46(54)47(55)49(62-51)50(57)58)61-45(53)40-38-36-34-32-30-28-26-23-20-18-16-14-12-10-8-6-4-2/h5-8,11-14,17-20,22,24,26-29,43,46-49,51,54-56H,3-4,9-10,15-16,21,23,25,30-42H2,1-2H3,(H,57,58)/b7-5-,8-6-,13-11-,14-12-,19-17-,20-18-,24-22-,28-26-,29-27-. The molecule has 4 N–H and O–H groups in total. The molecule has 62 heavy (non-hydrogen) atoms. The van der Waals surface area contributed by atoms with E-state index in [2.05, 4.69) is 123 Å². The largest absolute Gasteiger partial charge is 0.479 e. The first-order valence-corrected chi connectivity index (χ1v) is 22.9. The Bertz CT molecular complexity index is 1440. The van der Waals surface area contributed by atoms with Crippen molar-refractivity contribution >= 4 is 17.9 Å². The number of aliphatic hydroxyl groups excluding tert-OH is 3. The normalized spacial score (nSPS) is 20.6. The van der Waals surface area contributed by atoms with Gasteiger partial charge in [0, 0.05) is 12.8 Å². The fourth-order valence-corrected chi connectivity index (χ4v) is 6.07. The summed E-state index contributed by atoms with van der Waals surface area (Å²) in [6, 6.07) is 0. The Kier molecular flexibility index (Phi) is 35.8. The van der Waals surface area contributed by atoms with Crippen LogP contribution in [0.4, 0.5) is 0 Å². The van der Waals surface area contributed by atoms with E-state index in [9.17, 15) is 34.8 Å². The molecule has 1 rings (SSSR count). The van der Waals surface area contributed by atoms with Gasteiger partial charge < -0.3 is 39.4 Å². The third-order valence-corrected chi connectivity index (χ3v) is 9.62. The van der Waals surface area contributed by atoms with Gasteiger partial charge in [-0.25, -0.2) is 4.79 Å². The molecule has 0 aliphatic carbocycles. The molecule has 0 aromatic heterocycles. The van der Waals surface area contributed by atoms with E-state index in [0.717, 1.165) is 103 Å². The summed E-state index contributed by atoms with van der Waals surface area (Å²) >= 11 is 0. The van der Waals surface area contributed by atoms with Gasteiger partial charge in [0.15, 0.2) is 18.5 Å². The number of esters is 2. The van der Waals surface area contributed by atoms with Gasteiger partial charge in [0.05, 0.1) is 6.61 Å². The zero-order chi connectivity index (χ0) is 45.3. The molecule has 11 heteroatoms. The van der Waals surface area contributed by atoms with Crippen LogP contribution >= 0.6 is 0 Å². The molecule has 348 valence electrons. The van der Waals surface area contributed by atoms with Crippen LogP contribution in [-0.4, -0.2) is 88.4 Å². The predicted octanol–water partition coefficient (Wildman–Crippen LogP) is 10.2. The van der Waals surface area contributed by atoms with Crippen molar-refractivity contribution < 1.29 is 53.8 Å². The monoisotopic (exact) mass is 867 g/mol. The van der Waals surface area contributed by atoms with Crippen molar-refractivity contribution in [1.82, 2.24) is 0 Å². The SMILES string of the molecule is CC/C=C\C/C=C\C/C=C\C/C=C\C/C=C\CCCCCC(=O)OCC(COC1OC(C(=O)O)C(O)C(O)C1O)OC(=O)CCCCCC/C=C\C/C=C\C/C=C\C/C=C\CC. The number of aliphatic carboxylic acids is 1. The summed E-state index contributed by atoms with van der Waals surface area (Å²) in [6.45, 7) is 3.52. The van der Waals surface area contributed by atoms with Crippen LogP contribution in [0.5, 0.6) is 0 Å². The smallest absolute Gasteiger partial charge is 0.335 e. The highest BCUT2D eigenvalue weighted by molar-refractivity contribution is 5.73. The summed E-state index contributed by atoms with van der Waals surface area (Å²) in [7, 11) is 0. The van der Waals surface area contributed by atoms with E-state index in [1.165, 1.54) is 0 Å². The zero-order valence-corrected chi connectivity index (χ0v) is 37.6. The van der Waals surface area contributed by atoms with Gasteiger partial charge in [-0.1, -0.05) is 142 Å². The number of carboxylic acid groups (broad SMARTS) is 1. The lowest BCUT2D eigenvalue weighted by atomic mass is 9.99. The maximum atomic E-state index is 12.8. The molecule has 0 radical (unpaired) electrons. The van der Waals surface area contributed by atoms with Crippen LogP contribution in [0.3, 0.4) is 0 Å². The Morgan fingerprint density at radius 1 is 0.500 bits per heavy atom. The maximum Gasteiger partial charge on any atom is 0.335 e. The molecule has 0 spiro atoms. The summed E-state index contributed by atoms with van der Waals surface area (Å²) < 4.78 is 21.7. The molecule has 0 saturated carbocycles. The van der Waals surface area contributed by atoms with Crippen molar-refractivity contribution in [3.63, 3.8) is 0 Å². The molecular weight excluding hydrogens is 789 g/mol. The molecule has 1 aliphatic heterocycles. The molecule has 1 aliphatic rings. The molecule has 1 heterocycles. The summed E-state index contributed by atoms with van der Waals surface area (Å²) in [5.74, 6) is -2.54. The quantitative estimate of drug-likeness (QED) is 0.0269. The summed E-state index contributed by atoms with van der Waals surface area (Å²) in [4.78, 5) is 36.9. The number of carbonyl (C=O) groups is 3. The lowest BCUT2D eigenvalue weighted by Crippen LogP contribution is -2.60. The van der Waals surface area contributed by atoms with E-state index >= 15 is 0 Å². The zero-order valence-electron chi connectivity index (χ0n) is 37.6. The average molecular weight is 867 g/mol. The van der Waals surface area contributed by atoms with Gasteiger partial charge in [-0.2, -0.15) is 0 Å². The van der Waals surface area contributed by atoms with Crippen LogP contribution in [0, 0.1) is 0 Å². The van der Waals surface area contributed by atoms with E-state index in [1.807, 2.05) is 0 Å². The third-order valence-electron chi connectivity index (χ3n) is 9.62. The molecule has 0 aromatic rings. The number of unbranched alkanes of at least 4 members (excludes halogenated alkanes) is 7. The van der Waals surface area contributed by atoms with E-state index in [-0.39, 0.29) is 19.4 Å². The van der Waals surface area contributed by atoms with Crippen molar-refractivity contribution in [3.05, 3.63) is 109 Å². The highest BCUT2D eigenvalue weighted by Gasteiger charge is 2.47. The lowest BCUT2D eigenvalue weighted by molar-refractivity contribution is -0.298. The summed E-state index contributed by atoms with van der Waals surface area (Å²) in [5, 5.41) is 39.8. The number of ether oxygens (including phenoxy) is 4. The first-order valence-electron chi connectivity index (χ1n) is 22.9. The molecule has 6 atom stereocenters. The fraction of sp³-hybridized carbons (Fsp3) is 0.588. The Hall–Kier alpha value is -4.13. The molecule has 0 amide bonds. The number of allylic oxidation sites excluding steroid dienone is 18. The molecule has 0 aromatic carbocycles. The van der Waals surface area contributed by atoms with Crippen LogP contribution in [0.1, 0.15) is 142 Å². The van der Waals surface area contributed by atoms with E-state index < -0.39 is 61.3 Å². The maximum absolute atomic E-state index is 12.8. The molecule has 6 unspecified atom stereocenters. The third kappa shape index (κ3) is 30.8. The van der Waals surface area contributed by atoms with E-state index in [1.54, 1.807) is 0 Å². The van der Waals surface area contributed by atoms with Crippen molar-refractivity contribution in [1.29, 1.82) is 0 Å². The minimum atomic E-state index is -1.88. The van der Waals surface area contributed by atoms with Gasteiger partial charge in [0.25, 0.3) is 0 Å². The number of aliphatic hydroxyl groups is 3. The summed E-state index contributed by atoms with van der Waals surface area (Å²) in [5.41, 5.74) is 0. The van der Waals surface area contributed by atoms with Gasteiger partial charge >= 0.3 is 17.9 Å². The number of hydrogen-bond acceptors (Lipinski definition) is 10. The summed E-state index contributed by atoms with van der Waals surface area (Å²) in [6.07, 6.45) is 45.6. The minimum Gasteiger partial charge on any atom is -0.479 e. The predicted molar refractivity (Wildman–Crippen MR) is 247 cm³/mol. The molecular formula is C51H78O11. The average Bonchev–Trinajstić information content (AvgIpc) is 3.26. The molecule has 11 nitrogen and oxygen atoms in total. The fourth-order valence-electron chi connectivity index (χ4n) is 6.07. The van der Waals surface area contributed by atoms with Crippen LogP contribution < -0.4 is 0 Å². The van der Waals surface area contributed by atoms with Gasteiger partial charge in [0.2, 0.25) is 0 Å². The lowest BCUT2D eigenvalue weighted by Gasteiger charge is -2.38. The van der Waals surface area contributed by atoms with Crippen LogP contribution in [0.2, 0.25) is 0 Å². The van der Waals surface area contributed by atoms with Gasteiger partial charge in [-0.05, 0) is 96.3 Å².